The summed E-state index contributed by atoms with van der Waals surface area (Å²) in [4.78, 5) is 2.40. The summed E-state index contributed by atoms with van der Waals surface area (Å²) < 4.78 is 10.7. The minimum atomic E-state index is 0.593. The highest BCUT2D eigenvalue weighted by Crippen LogP contribution is 2.26. The number of ether oxygens (including phenoxy) is 2. The van der Waals surface area contributed by atoms with Crippen LogP contribution in [-0.2, 0) is 31.0 Å². The Kier molecular flexibility index (Phi) is 4.22. The molecule has 0 unspecified atom stereocenters. The van der Waals surface area contributed by atoms with E-state index in [1.54, 1.807) is 7.11 Å². The van der Waals surface area contributed by atoms with E-state index in [1.807, 2.05) is 19.1 Å². The zero-order chi connectivity index (χ0) is 14.7. The Hall–Kier alpha value is -1.85. The summed E-state index contributed by atoms with van der Waals surface area (Å²) in [5.41, 5.74) is 4.82. The number of rotatable bonds is 6. The molecule has 0 saturated heterocycles. The van der Waals surface area contributed by atoms with Crippen molar-refractivity contribution in [2.75, 3.05) is 13.7 Å². The lowest BCUT2D eigenvalue weighted by Crippen LogP contribution is -2.16. The number of aromatic nitrogens is 2. The molecule has 0 atom stereocenters. The van der Waals surface area contributed by atoms with Gasteiger partial charge in [-0.05, 0) is 24.6 Å². The lowest BCUT2D eigenvalue weighted by Gasteiger charge is -2.15. The minimum absolute atomic E-state index is 0.593. The summed E-state index contributed by atoms with van der Waals surface area (Å²) in [6, 6.07) is 8.23. The van der Waals surface area contributed by atoms with Crippen molar-refractivity contribution in [1.29, 1.82) is 0 Å². The Bertz CT molecular complexity index is 609. The molecule has 1 N–H and O–H groups in total. The summed E-state index contributed by atoms with van der Waals surface area (Å²) in [7, 11) is 1.70. The molecule has 0 spiro atoms. The normalized spacial score (nSPS) is 14.4. The maximum absolute atomic E-state index is 5.47. The molecule has 21 heavy (non-hydrogen) atoms. The molecule has 0 radical (unpaired) electrons. The number of benzene rings is 1. The van der Waals surface area contributed by atoms with E-state index in [9.17, 15) is 0 Å². The van der Waals surface area contributed by atoms with Gasteiger partial charge in [-0.3, -0.25) is 10.00 Å². The summed E-state index contributed by atoms with van der Waals surface area (Å²) in [6.45, 7) is 6.05. The van der Waals surface area contributed by atoms with Crippen LogP contribution in [-0.4, -0.2) is 28.8 Å². The Labute approximate surface area is 124 Å². The lowest BCUT2D eigenvalue weighted by molar-refractivity contribution is 0.130. The molecule has 5 nitrogen and oxygen atoms in total. The maximum atomic E-state index is 5.47. The molecule has 3 rings (SSSR count). The van der Waals surface area contributed by atoms with Gasteiger partial charge in [0.25, 0.3) is 0 Å². The van der Waals surface area contributed by atoms with Crippen molar-refractivity contribution in [1.82, 2.24) is 15.1 Å². The van der Waals surface area contributed by atoms with Gasteiger partial charge in [-0.2, -0.15) is 5.10 Å². The predicted octanol–water partition coefficient (Wildman–Crippen LogP) is 2.47. The Morgan fingerprint density at radius 3 is 3.05 bits per heavy atom. The molecule has 2 heterocycles. The Morgan fingerprint density at radius 1 is 1.33 bits per heavy atom. The molecule has 1 aromatic carbocycles. The quantitative estimate of drug-likeness (QED) is 0.886. The summed E-state index contributed by atoms with van der Waals surface area (Å²) in [6.07, 6.45) is 0. The topological polar surface area (TPSA) is 50.4 Å². The lowest BCUT2D eigenvalue weighted by atomic mass is 10.2. The van der Waals surface area contributed by atoms with Crippen LogP contribution in [0.15, 0.2) is 24.3 Å². The number of nitrogens with zero attached hydrogens (tertiary/aromatic N) is 2. The molecule has 112 valence electrons. The van der Waals surface area contributed by atoms with Crippen LogP contribution in [0.3, 0.4) is 0 Å². The average molecular weight is 287 g/mol. The second-order valence-corrected chi connectivity index (χ2v) is 5.26. The Morgan fingerprint density at radius 2 is 2.24 bits per heavy atom. The summed E-state index contributed by atoms with van der Waals surface area (Å²) in [5, 5.41) is 7.48. The monoisotopic (exact) mass is 287 g/mol. The average Bonchev–Trinajstić information content (AvgIpc) is 3.05. The molecule has 5 heteroatoms. The Balaban J connectivity index is 1.65. The van der Waals surface area contributed by atoms with Crippen LogP contribution in [0, 0.1) is 0 Å². The van der Waals surface area contributed by atoms with E-state index in [0.29, 0.717) is 6.61 Å². The third kappa shape index (κ3) is 3.09. The van der Waals surface area contributed by atoms with Crippen molar-refractivity contribution in [2.24, 2.45) is 0 Å². The largest absolute Gasteiger partial charge is 0.497 e. The van der Waals surface area contributed by atoms with Gasteiger partial charge in [-0.1, -0.05) is 12.1 Å². The van der Waals surface area contributed by atoms with Gasteiger partial charge in [0.05, 0.1) is 25.1 Å². The van der Waals surface area contributed by atoms with E-state index < -0.39 is 0 Å². The predicted molar refractivity (Wildman–Crippen MR) is 79.9 cm³/mol. The van der Waals surface area contributed by atoms with Crippen molar-refractivity contribution in [3.8, 4) is 5.75 Å². The van der Waals surface area contributed by atoms with Crippen molar-refractivity contribution in [3.63, 3.8) is 0 Å². The first-order valence-electron chi connectivity index (χ1n) is 7.28. The van der Waals surface area contributed by atoms with E-state index in [4.69, 9.17) is 9.47 Å². The van der Waals surface area contributed by atoms with Crippen LogP contribution in [0.1, 0.15) is 29.4 Å². The SMILES string of the molecule is CCOCc1n[nH]c2c1CN(Cc1cccc(OC)c1)C2. The number of hydrogen-bond acceptors (Lipinski definition) is 4. The highest BCUT2D eigenvalue weighted by Gasteiger charge is 2.24. The molecule has 0 aliphatic carbocycles. The molecule has 1 aliphatic rings. The number of H-pyrrole nitrogens is 1. The maximum Gasteiger partial charge on any atom is 0.119 e. The number of nitrogens with one attached hydrogen (secondary N) is 1. The first kappa shape index (κ1) is 14.1. The van der Waals surface area contributed by atoms with Gasteiger partial charge in [-0.25, -0.2) is 0 Å². The highest BCUT2D eigenvalue weighted by molar-refractivity contribution is 5.31. The van der Waals surface area contributed by atoms with Gasteiger partial charge >= 0.3 is 0 Å². The van der Waals surface area contributed by atoms with Gasteiger partial charge < -0.3 is 9.47 Å². The fourth-order valence-electron chi connectivity index (χ4n) is 2.72. The van der Waals surface area contributed by atoms with Gasteiger partial charge in [0, 0.05) is 31.8 Å². The van der Waals surface area contributed by atoms with E-state index >= 15 is 0 Å². The molecule has 0 bridgehead atoms. The molecule has 1 aliphatic heterocycles. The fraction of sp³-hybridized carbons (Fsp3) is 0.438. The second kappa shape index (κ2) is 6.28. The standard InChI is InChI=1S/C16H21N3O2/c1-3-21-11-16-14-9-19(10-15(14)17-18-16)8-12-5-4-6-13(7-12)20-2/h4-7H,3,8-11H2,1-2H3,(H,17,18). The third-order valence-electron chi connectivity index (χ3n) is 3.79. The van der Waals surface area contributed by atoms with Gasteiger partial charge in [0.2, 0.25) is 0 Å². The fourth-order valence-corrected chi connectivity index (χ4v) is 2.72. The molecular formula is C16H21N3O2. The van der Waals surface area contributed by atoms with Crippen molar-refractivity contribution >= 4 is 0 Å². The highest BCUT2D eigenvalue weighted by atomic mass is 16.5. The smallest absolute Gasteiger partial charge is 0.119 e. The molecule has 2 aromatic rings. The molecule has 0 saturated carbocycles. The van der Waals surface area contributed by atoms with Gasteiger partial charge in [0.1, 0.15) is 5.75 Å². The molecule has 1 aromatic heterocycles. The summed E-state index contributed by atoms with van der Waals surface area (Å²) >= 11 is 0. The van der Waals surface area contributed by atoms with E-state index in [1.165, 1.54) is 16.8 Å². The van der Waals surface area contributed by atoms with Gasteiger partial charge in [0.15, 0.2) is 0 Å². The minimum Gasteiger partial charge on any atom is -0.497 e. The number of aromatic amines is 1. The number of hydrogen-bond donors (Lipinski definition) is 1. The first-order chi connectivity index (χ1) is 10.3. The second-order valence-electron chi connectivity index (χ2n) is 5.26. The zero-order valence-corrected chi connectivity index (χ0v) is 12.6. The van der Waals surface area contributed by atoms with Crippen molar-refractivity contribution in [3.05, 3.63) is 46.8 Å². The van der Waals surface area contributed by atoms with Crippen LogP contribution < -0.4 is 4.74 Å². The van der Waals surface area contributed by atoms with E-state index in [0.717, 1.165) is 37.7 Å². The molecular weight excluding hydrogens is 266 g/mol. The molecule has 0 amide bonds. The van der Waals surface area contributed by atoms with Crippen molar-refractivity contribution in [2.45, 2.75) is 33.2 Å². The van der Waals surface area contributed by atoms with Gasteiger partial charge in [-0.15, -0.1) is 0 Å². The molecule has 0 fully saturated rings. The van der Waals surface area contributed by atoms with Crippen LogP contribution in [0.25, 0.3) is 0 Å². The van der Waals surface area contributed by atoms with Crippen LogP contribution in [0.2, 0.25) is 0 Å². The van der Waals surface area contributed by atoms with Crippen LogP contribution in [0.4, 0.5) is 0 Å². The summed E-state index contributed by atoms with van der Waals surface area (Å²) in [5.74, 6) is 0.906. The zero-order valence-electron chi connectivity index (χ0n) is 12.6. The van der Waals surface area contributed by atoms with Crippen molar-refractivity contribution < 1.29 is 9.47 Å². The number of fused-ring (bicyclic) bond motifs is 1. The van der Waals surface area contributed by atoms with Crippen LogP contribution in [0.5, 0.6) is 5.75 Å². The third-order valence-corrected chi connectivity index (χ3v) is 3.79. The van der Waals surface area contributed by atoms with Crippen LogP contribution >= 0.6 is 0 Å². The number of methoxy groups -OCH3 is 1. The van der Waals surface area contributed by atoms with E-state index in [-0.39, 0.29) is 0 Å². The first-order valence-corrected chi connectivity index (χ1v) is 7.28. The van der Waals surface area contributed by atoms with E-state index in [2.05, 4.69) is 27.2 Å².